The topological polar surface area (TPSA) is 46.2 Å². The van der Waals surface area contributed by atoms with Gasteiger partial charge in [0.2, 0.25) is 10.0 Å². The molecule has 0 heterocycles. The van der Waals surface area contributed by atoms with Crippen LogP contribution in [0.15, 0.2) is 27.6 Å². The number of hydrogen-bond donors (Lipinski definition) is 1. The summed E-state index contributed by atoms with van der Waals surface area (Å²) in [7, 11) is -3.51. The quantitative estimate of drug-likeness (QED) is 0.654. The summed E-state index contributed by atoms with van der Waals surface area (Å²) in [5.41, 5.74) is 0. The van der Waals surface area contributed by atoms with Crippen molar-refractivity contribution in [1.29, 1.82) is 0 Å². The van der Waals surface area contributed by atoms with E-state index in [1.165, 1.54) is 12.1 Å². The van der Waals surface area contributed by atoms with Crippen molar-refractivity contribution in [1.82, 2.24) is 4.72 Å². The summed E-state index contributed by atoms with van der Waals surface area (Å²) in [6.07, 6.45) is 2.78. The van der Waals surface area contributed by atoms with Crippen molar-refractivity contribution in [3.63, 3.8) is 0 Å². The van der Waals surface area contributed by atoms with E-state index in [4.69, 9.17) is 23.2 Å². The fraction of sp³-hybridized carbons (Fsp3) is 0.538. The highest BCUT2D eigenvalue weighted by molar-refractivity contribution is 9.10. The Hall–Kier alpha value is 0.190. The van der Waals surface area contributed by atoms with Crippen LogP contribution in [0.4, 0.5) is 0 Å². The van der Waals surface area contributed by atoms with Gasteiger partial charge in [0.15, 0.2) is 0 Å². The molecule has 114 valence electrons. The third kappa shape index (κ3) is 5.53. The van der Waals surface area contributed by atoms with Crippen LogP contribution in [0.5, 0.6) is 0 Å². The number of rotatable bonds is 8. The van der Waals surface area contributed by atoms with Crippen molar-refractivity contribution in [2.24, 2.45) is 5.92 Å². The average Bonchev–Trinajstić information content (AvgIpc) is 2.39. The molecule has 0 saturated carbocycles. The molecule has 1 atom stereocenters. The predicted molar refractivity (Wildman–Crippen MR) is 88.1 cm³/mol. The predicted octanol–water partition coefficient (Wildman–Crippen LogP) is 4.43. The zero-order valence-corrected chi connectivity index (χ0v) is 15.1. The Kier molecular flexibility index (Phi) is 7.83. The van der Waals surface area contributed by atoms with Crippen molar-refractivity contribution < 1.29 is 8.42 Å². The van der Waals surface area contributed by atoms with Gasteiger partial charge in [0, 0.05) is 16.9 Å². The fourth-order valence-corrected chi connectivity index (χ4v) is 3.96. The van der Waals surface area contributed by atoms with E-state index in [0.717, 1.165) is 19.3 Å². The van der Waals surface area contributed by atoms with E-state index in [0.29, 0.717) is 21.9 Å². The molecule has 1 N–H and O–H groups in total. The zero-order valence-electron chi connectivity index (χ0n) is 11.2. The van der Waals surface area contributed by atoms with Crippen LogP contribution >= 0.6 is 39.1 Å². The minimum absolute atomic E-state index is 0.204. The van der Waals surface area contributed by atoms with Gasteiger partial charge in [-0.1, -0.05) is 24.9 Å². The number of alkyl halides is 1. The lowest BCUT2D eigenvalue weighted by atomic mass is 10.0. The molecular weight excluding hydrogens is 385 g/mol. The number of sulfonamides is 1. The molecule has 0 saturated heterocycles. The maximum Gasteiger partial charge on any atom is 0.240 e. The standard InChI is InChI=1S/C13H18BrCl2NO2S/c1-2-3-10(6-7-15)9-17-20(18,19)11-4-5-13(16)12(14)8-11/h4-5,8,10,17H,2-3,6-7,9H2,1H3. The molecule has 0 radical (unpaired) electrons. The van der Waals surface area contributed by atoms with E-state index in [1.807, 2.05) is 0 Å². The van der Waals surface area contributed by atoms with Crippen LogP contribution in [-0.2, 0) is 10.0 Å². The van der Waals surface area contributed by atoms with Gasteiger partial charge in [-0.3, -0.25) is 0 Å². The normalized spacial score (nSPS) is 13.4. The molecule has 0 aliphatic heterocycles. The number of nitrogens with one attached hydrogen (secondary N) is 1. The lowest BCUT2D eigenvalue weighted by Crippen LogP contribution is -2.29. The van der Waals surface area contributed by atoms with Gasteiger partial charge in [-0.25, -0.2) is 13.1 Å². The van der Waals surface area contributed by atoms with E-state index in [9.17, 15) is 8.42 Å². The highest BCUT2D eigenvalue weighted by Gasteiger charge is 2.17. The van der Waals surface area contributed by atoms with Gasteiger partial charge in [-0.05, 0) is 52.9 Å². The molecule has 7 heteroatoms. The number of hydrogen-bond acceptors (Lipinski definition) is 2. The summed E-state index contributed by atoms with van der Waals surface area (Å²) in [5, 5.41) is 0.481. The van der Waals surface area contributed by atoms with Gasteiger partial charge < -0.3 is 0 Å². The molecule has 0 aromatic heterocycles. The fourth-order valence-electron chi connectivity index (χ4n) is 1.87. The Morgan fingerprint density at radius 3 is 2.60 bits per heavy atom. The lowest BCUT2D eigenvalue weighted by Gasteiger charge is -2.16. The van der Waals surface area contributed by atoms with Crippen LogP contribution in [0.2, 0.25) is 5.02 Å². The van der Waals surface area contributed by atoms with Crippen LogP contribution in [0, 0.1) is 5.92 Å². The first-order chi connectivity index (χ1) is 9.40. The molecule has 0 aliphatic carbocycles. The number of benzene rings is 1. The minimum Gasteiger partial charge on any atom is -0.211 e. The molecule has 1 unspecified atom stereocenters. The van der Waals surface area contributed by atoms with Gasteiger partial charge in [0.1, 0.15) is 0 Å². The Morgan fingerprint density at radius 1 is 1.35 bits per heavy atom. The van der Waals surface area contributed by atoms with Gasteiger partial charge in [0.05, 0.1) is 9.92 Å². The summed E-state index contributed by atoms with van der Waals surface area (Å²) in [4.78, 5) is 0.204. The smallest absolute Gasteiger partial charge is 0.211 e. The van der Waals surface area contributed by atoms with Gasteiger partial charge in [-0.2, -0.15) is 0 Å². The van der Waals surface area contributed by atoms with Crippen LogP contribution in [0.1, 0.15) is 26.2 Å². The van der Waals surface area contributed by atoms with Crippen LogP contribution in [-0.4, -0.2) is 20.8 Å². The van der Waals surface area contributed by atoms with Crippen LogP contribution < -0.4 is 4.72 Å². The lowest BCUT2D eigenvalue weighted by molar-refractivity contribution is 0.457. The average molecular weight is 403 g/mol. The molecular formula is C13H18BrCl2NO2S. The second kappa shape index (κ2) is 8.59. The van der Waals surface area contributed by atoms with Crippen molar-refractivity contribution >= 4 is 49.2 Å². The summed E-state index contributed by atoms with van der Waals surface area (Å²) >= 11 is 14.8. The molecule has 1 aromatic carbocycles. The maximum atomic E-state index is 12.2. The summed E-state index contributed by atoms with van der Waals surface area (Å²) in [6, 6.07) is 4.55. The monoisotopic (exact) mass is 401 g/mol. The van der Waals surface area contributed by atoms with Crippen LogP contribution in [0.25, 0.3) is 0 Å². The first-order valence-electron chi connectivity index (χ1n) is 6.41. The van der Waals surface area contributed by atoms with E-state index in [2.05, 4.69) is 27.6 Å². The van der Waals surface area contributed by atoms with Crippen molar-refractivity contribution in [3.05, 3.63) is 27.7 Å². The van der Waals surface area contributed by atoms with E-state index >= 15 is 0 Å². The Morgan fingerprint density at radius 2 is 2.05 bits per heavy atom. The first kappa shape index (κ1) is 18.2. The maximum absolute atomic E-state index is 12.2. The van der Waals surface area contributed by atoms with Gasteiger partial charge in [0.25, 0.3) is 0 Å². The van der Waals surface area contributed by atoms with E-state index in [1.54, 1.807) is 6.07 Å². The largest absolute Gasteiger partial charge is 0.240 e. The molecule has 1 aromatic rings. The highest BCUT2D eigenvalue weighted by atomic mass is 79.9. The Bertz CT molecular complexity index is 531. The van der Waals surface area contributed by atoms with Gasteiger partial charge >= 0.3 is 0 Å². The summed E-state index contributed by atoms with van der Waals surface area (Å²) < 4.78 is 27.6. The van der Waals surface area contributed by atoms with Crippen molar-refractivity contribution in [3.8, 4) is 0 Å². The molecule has 3 nitrogen and oxygen atoms in total. The zero-order chi connectivity index (χ0) is 15.2. The molecule has 0 bridgehead atoms. The molecule has 0 aliphatic rings. The third-order valence-corrected chi connectivity index (χ3v) is 5.83. The van der Waals surface area contributed by atoms with Crippen molar-refractivity contribution in [2.45, 2.75) is 31.1 Å². The summed E-state index contributed by atoms with van der Waals surface area (Å²) in [5.74, 6) is 0.807. The molecule has 20 heavy (non-hydrogen) atoms. The molecule has 1 rings (SSSR count). The third-order valence-electron chi connectivity index (χ3n) is 2.98. The number of halogens is 3. The molecule has 0 fully saturated rings. The Balaban J connectivity index is 2.75. The minimum atomic E-state index is -3.51. The Labute approximate surface area is 139 Å². The molecule has 0 spiro atoms. The first-order valence-corrected chi connectivity index (χ1v) is 9.60. The second-order valence-corrected chi connectivity index (χ2v) is 7.97. The van der Waals surface area contributed by atoms with E-state index in [-0.39, 0.29) is 10.8 Å². The van der Waals surface area contributed by atoms with Gasteiger partial charge in [-0.15, -0.1) is 11.6 Å². The van der Waals surface area contributed by atoms with Crippen molar-refractivity contribution in [2.75, 3.05) is 12.4 Å². The van der Waals surface area contributed by atoms with E-state index < -0.39 is 10.0 Å². The SMILES string of the molecule is CCCC(CCCl)CNS(=O)(=O)c1ccc(Cl)c(Br)c1. The van der Waals surface area contributed by atoms with Crippen LogP contribution in [0.3, 0.4) is 0 Å². The summed E-state index contributed by atoms with van der Waals surface area (Å²) in [6.45, 7) is 2.48. The molecule has 0 amide bonds. The highest BCUT2D eigenvalue weighted by Crippen LogP contribution is 2.25. The second-order valence-electron chi connectivity index (χ2n) is 4.56.